The number of carbonyl (C=O) groups is 2. The Balaban J connectivity index is 1.82. The molecule has 0 aromatic heterocycles. The average Bonchev–Trinajstić information content (AvgIpc) is 2.91. The Morgan fingerprint density at radius 1 is 0.958 bits per heavy atom. The molecule has 24 heavy (non-hydrogen) atoms. The van der Waals surface area contributed by atoms with Gasteiger partial charge in [0.25, 0.3) is 5.91 Å². The van der Waals surface area contributed by atoms with E-state index in [0.717, 1.165) is 0 Å². The zero-order chi connectivity index (χ0) is 17.9. The van der Waals surface area contributed by atoms with Gasteiger partial charge in [-0.25, -0.2) is 0 Å². The lowest BCUT2D eigenvalue weighted by Gasteiger charge is -2.36. The van der Waals surface area contributed by atoms with Gasteiger partial charge < -0.3 is 34.1 Å². The molecule has 0 bridgehead atoms. The van der Waals surface area contributed by atoms with Crippen molar-refractivity contribution >= 4 is 11.9 Å². The number of nitrogens with one attached hydrogen (secondary N) is 1. The molecule has 3 heterocycles. The SMILES string of the molecule is C[C@H](NC(=O)[C@@H]1O[C@@H]2OC(C)(C)O[C@@H]2[C@@H]2OC(C)(C)O[C@@H]21)C(=O)O. The maximum absolute atomic E-state index is 12.5. The minimum Gasteiger partial charge on any atom is -0.480 e. The fraction of sp³-hybridized carbons (Fsp3) is 0.867. The molecular weight excluding hydrogens is 322 g/mol. The second kappa shape index (κ2) is 5.63. The molecule has 0 saturated carbocycles. The van der Waals surface area contributed by atoms with E-state index in [1.165, 1.54) is 6.92 Å². The second-order valence-corrected chi connectivity index (χ2v) is 7.16. The number of carboxylic acid groups (broad SMARTS) is 1. The minimum absolute atomic E-state index is 0.535. The highest BCUT2D eigenvalue weighted by Gasteiger charge is 2.62. The monoisotopic (exact) mass is 345 g/mol. The van der Waals surface area contributed by atoms with Crippen LogP contribution in [0.4, 0.5) is 0 Å². The predicted octanol–water partition coefficient (Wildman–Crippen LogP) is -0.0278. The number of ether oxygens (including phenoxy) is 5. The Hall–Kier alpha value is -1.26. The molecule has 9 heteroatoms. The largest absolute Gasteiger partial charge is 0.480 e. The van der Waals surface area contributed by atoms with Gasteiger partial charge in [-0.1, -0.05) is 0 Å². The third kappa shape index (κ3) is 3.14. The molecule has 0 radical (unpaired) electrons. The third-order valence-electron chi connectivity index (χ3n) is 4.14. The molecule has 1 amide bonds. The molecule has 0 unspecified atom stereocenters. The first-order valence-corrected chi connectivity index (χ1v) is 7.89. The molecular formula is C15H23NO8. The Kier molecular flexibility index (Phi) is 4.12. The summed E-state index contributed by atoms with van der Waals surface area (Å²) in [6, 6.07) is -1.05. The van der Waals surface area contributed by atoms with Crippen molar-refractivity contribution in [3.8, 4) is 0 Å². The summed E-state index contributed by atoms with van der Waals surface area (Å²) in [4.78, 5) is 23.4. The lowest BCUT2D eigenvalue weighted by Crippen LogP contribution is -2.60. The number of aliphatic carboxylic acids is 1. The van der Waals surface area contributed by atoms with E-state index >= 15 is 0 Å². The minimum atomic E-state index is -1.14. The van der Waals surface area contributed by atoms with Crippen LogP contribution in [-0.2, 0) is 33.3 Å². The Bertz CT molecular complexity index is 548. The number of carboxylic acids is 1. The van der Waals surface area contributed by atoms with E-state index in [9.17, 15) is 9.59 Å². The first-order chi connectivity index (χ1) is 11.0. The van der Waals surface area contributed by atoms with Gasteiger partial charge in [-0.2, -0.15) is 0 Å². The van der Waals surface area contributed by atoms with Gasteiger partial charge >= 0.3 is 5.97 Å². The quantitative estimate of drug-likeness (QED) is 0.733. The number of carbonyl (C=O) groups excluding carboxylic acids is 1. The Morgan fingerprint density at radius 2 is 1.50 bits per heavy atom. The van der Waals surface area contributed by atoms with Crippen LogP contribution < -0.4 is 5.32 Å². The van der Waals surface area contributed by atoms with Crippen LogP contribution in [0.1, 0.15) is 34.6 Å². The fourth-order valence-electron chi connectivity index (χ4n) is 3.18. The summed E-state index contributed by atoms with van der Waals surface area (Å²) in [5, 5.41) is 11.4. The maximum atomic E-state index is 12.5. The molecule has 3 rings (SSSR count). The van der Waals surface area contributed by atoms with Gasteiger partial charge in [0.15, 0.2) is 24.0 Å². The standard InChI is InChI=1S/C15H23NO8/c1-6(12(18)19)16-11(17)9-7-8(22-14(2,3)21-7)10-13(20-9)24-15(4,5)23-10/h6-10,13H,1-5H3,(H,16,17)(H,18,19)/t6-,7-,8+,9+,10+,13+/m0/s1. The molecule has 0 aliphatic carbocycles. The second-order valence-electron chi connectivity index (χ2n) is 7.16. The lowest BCUT2D eigenvalue weighted by molar-refractivity contribution is -0.231. The van der Waals surface area contributed by atoms with Crippen molar-refractivity contribution in [2.24, 2.45) is 0 Å². The topological polar surface area (TPSA) is 113 Å². The summed E-state index contributed by atoms with van der Waals surface area (Å²) in [5.41, 5.74) is 0. The number of hydrogen-bond acceptors (Lipinski definition) is 7. The molecule has 3 aliphatic rings. The molecule has 3 fully saturated rings. The van der Waals surface area contributed by atoms with Crippen molar-refractivity contribution in [1.29, 1.82) is 0 Å². The van der Waals surface area contributed by atoms with E-state index in [-0.39, 0.29) is 0 Å². The summed E-state index contributed by atoms with van der Waals surface area (Å²) in [6.45, 7) is 8.32. The number of hydrogen-bond donors (Lipinski definition) is 2. The molecule has 0 aromatic carbocycles. The van der Waals surface area contributed by atoms with E-state index in [0.29, 0.717) is 0 Å². The van der Waals surface area contributed by atoms with E-state index in [1.807, 2.05) is 0 Å². The van der Waals surface area contributed by atoms with Crippen LogP contribution >= 0.6 is 0 Å². The number of fused-ring (bicyclic) bond motifs is 3. The van der Waals surface area contributed by atoms with E-state index < -0.39 is 60.2 Å². The Morgan fingerprint density at radius 3 is 2.12 bits per heavy atom. The smallest absolute Gasteiger partial charge is 0.325 e. The average molecular weight is 345 g/mol. The highest BCUT2D eigenvalue weighted by atomic mass is 16.9. The van der Waals surface area contributed by atoms with E-state index in [2.05, 4.69) is 5.32 Å². The fourth-order valence-corrected chi connectivity index (χ4v) is 3.18. The van der Waals surface area contributed by atoms with Gasteiger partial charge in [0, 0.05) is 0 Å². The van der Waals surface area contributed by atoms with Crippen molar-refractivity contribution < 1.29 is 38.4 Å². The van der Waals surface area contributed by atoms with E-state index in [1.54, 1.807) is 27.7 Å². The number of rotatable bonds is 3. The first kappa shape index (κ1) is 17.6. The summed E-state index contributed by atoms with van der Waals surface area (Å²) in [7, 11) is 0. The summed E-state index contributed by atoms with van der Waals surface area (Å²) in [6.07, 6.45) is -3.67. The summed E-state index contributed by atoms with van der Waals surface area (Å²) < 4.78 is 29.0. The highest BCUT2D eigenvalue weighted by molar-refractivity contribution is 5.86. The van der Waals surface area contributed by atoms with Gasteiger partial charge in [-0.3, -0.25) is 9.59 Å². The Labute approximate surface area is 139 Å². The molecule has 0 spiro atoms. The van der Waals surface area contributed by atoms with Crippen LogP contribution in [-0.4, -0.2) is 65.3 Å². The van der Waals surface area contributed by atoms with Crippen LogP contribution in [0, 0.1) is 0 Å². The molecule has 2 N–H and O–H groups in total. The van der Waals surface area contributed by atoms with Crippen LogP contribution in [0.5, 0.6) is 0 Å². The molecule has 136 valence electrons. The van der Waals surface area contributed by atoms with Gasteiger partial charge in [0.05, 0.1) is 0 Å². The highest BCUT2D eigenvalue weighted by Crippen LogP contribution is 2.44. The summed E-state index contributed by atoms with van der Waals surface area (Å²) in [5.74, 6) is -3.52. The molecule has 9 nitrogen and oxygen atoms in total. The van der Waals surface area contributed by atoms with Crippen LogP contribution in [0.2, 0.25) is 0 Å². The van der Waals surface area contributed by atoms with Crippen molar-refractivity contribution in [2.75, 3.05) is 0 Å². The van der Waals surface area contributed by atoms with Crippen LogP contribution in [0.3, 0.4) is 0 Å². The lowest BCUT2D eigenvalue weighted by atomic mass is 9.98. The van der Waals surface area contributed by atoms with E-state index in [4.69, 9.17) is 28.8 Å². The van der Waals surface area contributed by atoms with Crippen molar-refractivity contribution in [3.05, 3.63) is 0 Å². The maximum Gasteiger partial charge on any atom is 0.325 e. The first-order valence-electron chi connectivity index (χ1n) is 7.89. The molecule has 3 aliphatic heterocycles. The molecule has 6 atom stereocenters. The van der Waals surface area contributed by atoms with Crippen LogP contribution in [0.25, 0.3) is 0 Å². The zero-order valence-corrected chi connectivity index (χ0v) is 14.3. The summed E-state index contributed by atoms with van der Waals surface area (Å²) >= 11 is 0. The van der Waals surface area contributed by atoms with Crippen molar-refractivity contribution in [3.63, 3.8) is 0 Å². The zero-order valence-electron chi connectivity index (χ0n) is 14.3. The van der Waals surface area contributed by atoms with Crippen molar-refractivity contribution in [2.45, 2.75) is 82.9 Å². The normalized spacial score (nSPS) is 40.5. The number of amides is 1. The van der Waals surface area contributed by atoms with Crippen molar-refractivity contribution in [1.82, 2.24) is 5.32 Å². The van der Waals surface area contributed by atoms with Gasteiger partial charge in [-0.05, 0) is 34.6 Å². The van der Waals surface area contributed by atoms with Crippen LogP contribution in [0.15, 0.2) is 0 Å². The van der Waals surface area contributed by atoms with Gasteiger partial charge in [0.1, 0.15) is 24.4 Å². The van der Waals surface area contributed by atoms with Gasteiger partial charge in [-0.15, -0.1) is 0 Å². The molecule has 3 saturated heterocycles. The molecule has 0 aromatic rings. The van der Waals surface area contributed by atoms with Gasteiger partial charge in [0.2, 0.25) is 0 Å². The third-order valence-corrected chi connectivity index (χ3v) is 4.14. The predicted molar refractivity (Wildman–Crippen MR) is 77.8 cm³/mol.